The van der Waals surface area contributed by atoms with Crippen LogP contribution in [0.2, 0.25) is 5.02 Å². The van der Waals surface area contributed by atoms with Gasteiger partial charge in [-0.3, -0.25) is 0 Å². The Morgan fingerprint density at radius 1 is 1.32 bits per heavy atom. The SMILES string of the molecule is CCN(CC)C[C@H]1CCCC[C@]1(O)Cc1cc(Cl)ccc1F. The molecule has 0 heterocycles. The molecule has 1 aliphatic carbocycles. The lowest BCUT2D eigenvalue weighted by molar-refractivity contribution is -0.0588. The van der Waals surface area contributed by atoms with E-state index in [-0.39, 0.29) is 11.7 Å². The van der Waals surface area contributed by atoms with E-state index in [9.17, 15) is 9.50 Å². The first-order valence-corrected chi connectivity index (χ1v) is 8.75. The summed E-state index contributed by atoms with van der Waals surface area (Å²) in [4.78, 5) is 2.34. The van der Waals surface area contributed by atoms with Gasteiger partial charge in [-0.2, -0.15) is 0 Å². The molecule has 124 valence electrons. The van der Waals surface area contributed by atoms with Crippen molar-refractivity contribution in [2.24, 2.45) is 5.92 Å². The molecule has 1 saturated carbocycles. The van der Waals surface area contributed by atoms with Crippen molar-refractivity contribution in [1.29, 1.82) is 0 Å². The van der Waals surface area contributed by atoms with Crippen molar-refractivity contribution < 1.29 is 9.50 Å². The second-order valence-corrected chi connectivity index (χ2v) is 6.88. The molecule has 1 fully saturated rings. The Morgan fingerprint density at radius 2 is 2.05 bits per heavy atom. The van der Waals surface area contributed by atoms with Gasteiger partial charge in [0, 0.05) is 23.9 Å². The molecule has 2 nitrogen and oxygen atoms in total. The molecular formula is C18H27ClFNO. The molecular weight excluding hydrogens is 301 g/mol. The van der Waals surface area contributed by atoms with Crippen LogP contribution in [0, 0.1) is 11.7 Å². The van der Waals surface area contributed by atoms with Crippen molar-refractivity contribution in [2.45, 2.75) is 51.6 Å². The highest BCUT2D eigenvalue weighted by Gasteiger charge is 2.39. The summed E-state index contributed by atoms with van der Waals surface area (Å²) >= 11 is 5.99. The second kappa shape index (κ2) is 7.76. The molecule has 0 radical (unpaired) electrons. The Labute approximate surface area is 138 Å². The van der Waals surface area contributed by atoms with Crippen LogP contribution in [0.5, 0.6) is 0 Å². The zero-order valence-corrected chi connectivity index (χ0v) is 14.4. The summed E-state index contributed by atoms with van der Waals surface area (Å²) in [6.07, 6.45) is 4.26. The van der Waals surface area contributed by atoms with E-state index < -0.39 is 5.60 Å². The predicted octanol–water partition coefficient (Wildman–Crippen LogP) is 4.28. The van der Waals surface area contributed by atoms with E-state index in [0.29, 0.717) is 17.0 Å². The van der Waals surface area contributed by atoms with Crippen LogP contribution >= 0.6 is 11.6 Å². The first-order chi connectivity index (χ1) is 10.5. The molecule has 2 atom stereocenters. The molecule has 2 rings (SSSR count). The summed E-state index contributed by atoms with van der Waals surface area (Å²) in [6, 6.07) is 4.60. The van der Waals surface area contributed by atoms with Crippen molar-refractivity contribution in [3.63, 3.8) is 0 Å². The molecule has 0 aromatic heterocycles. The van der Waals surface area contributed by atoms with E-state index in [1.54, 1.807) is 12.1 Å². The van der Waals surface area contributed by atoms with Crippen LogP contribution < -0.4 is 0 Å². The van der Waals surface area contributed by atoms with Gasteiger partial charge in [0.25, 0.3) is 0 Å². The van der Waals surface area contributed by atoms with Crippen molar-refractivity contribution >= 4 is 11.6 Å². The molecule has 1 aliphatic rings. The monoisotopic (exact) mass is 327 g/mol. The quantitative estimate of drug-likeness (QED) is 0.842. The fraction of sp³-hybridized carbons (Fsp3) is 0.667. The molecule has 0 aliphatic heterocycles. The molecule has 0 saturated heterocycles. The number of halogens is 2. The number of nitrogens with zero attached hydrogens (tertiary/aromatic N) is 1. The lowest BCUT2D eigenvalue weighted by Gasteiger charge is -2.42. The van der Waals surface area contributed by atoms with E-state index in [1.165, 1.54) is 6.07 Å². The van der Waals surface area contributed by atoms with Crippen LogP contribution in [0.25, 0.3) is 0 Å². The third kappa shape index (κ3) is 4.21. The minimum atomic E-state index is -0.827. The van der Waals surface area contributed by atoms with Gasteiger partial charge >= 0.3 is 0 Å². The standard InChI is InChI=1S/C18H27ClFNO/c1-3-21(4-2)13-15-7-5-6-10-18(15,22)12-14-11-16(19)8-9-17(14)20/h8-9,11,15,22H,3-7,10,12-13H2,1-2H3/t15-,18+/m1/s1. The zero-order chi connectivity index (χ0) is 16.2. The van der Waals surface area contributed by atoms with Crippen LogP contribution in [0.1, 0.15) is 45.1 Å². The molecule has 0 unspecified atom stereocenters. The Morgan fingerprint density at radius 3 is 2.73 bits per heavy atom. The fourth-order valence-corrected chi connectivity index (χ4v) is 3.79. The maximum absolute atomic E-state index is 14.0. The van der Waals surface area contributed by atoms with Crippen molar-refractivity contribution in [1.82, 2.24) is 4.90 Å². The number of rotatable bonds is 6. The summed E-state index contributed by atoms with van der Waals surface area (Å²) in [6.45, 7) is 7.12. The molecule has 0 spiro atoms. The van der Waals surface area contributed by atoms with E-state index >= 15 is 0 Å². The predicted molar refractivity (Wildman–Crippen MR) is 89.8 cm³/mol. The highest BCUT2D eigenvalue weighted by atomic mass is 35.5. The van der Waals surface area contributed by atoms with Crippen molar-refractivity contribution in [3.05, 3.63) is 34.6 Å². The first kappa shape index (κ1) is 17.7. The summed E-state index contributed by atoms with van der Waals surface area (Å²) < 4.78 is 14.0. The molecule has 0 bridgehead atoms. The van der Waals surface area contributed by atoms with Crippen LogP contribution in [0.3, 0.4) is 0 Å². The number of aliphatic hydroxyl groups is 1. The fourth-order valence-electron chi connectivity index (χ4n) is 3.59. The minimum Gasteiger partial charge on any atom is -0.389 e. The van der Waals surface area contributed by atoms with Crippen LogP contribution in [0.15, 0.2) is 18.2 Å². The number of hydrogen-bond acceptors (Lipinski definition) is 2. The van der Waals surface area contributed by atoms with Gasteiger partial charge in [0.15, 0.2) is 0 Å². The average molecular weight is 328 g/mol. The Balaban J connectivity index is 2.18. The Hall–Kier alpha value is -0.640. The van der Waals surface area contributed by atoms with Gasteiger partial charge in [-0.25, -0.2) is 4.39 Å². The van der Waals surface area contributed by atoms with Gasteiger partial charge in [-0.15, -0.1) is 0 Å². The van der Waals surface area contributed by atoms with Crippen LogP contribution in [-0.2, 0) is 6.42 Å². The Kier molecular flexibility index (Phi) is 6.25. The van der Waals surface area contributed by atoms with Gasteiger partial charge in [-0.05, 0) is 49.7 Å². The van der Waals surface area contributed by atoms with Crippen LogP contribution in [0.4, 0.5) is 4.39 Å². The average Bonchev–Trinajstić information content (AvgIpc) is 2.50. The van der Waals surface area contributed by atoms with E-state index in [4.69, 9.17) is 11.6 Å². The molecule has 1 N–H and O–H groups in total. The van der Waals surface area contributed by atoms with Crippen molar-refractivity contribution in [3.8, 4) is 0 Å². The van der Waals surface area contributed by atoms with Gasteiger partial charge in [0.1, 0.15) is 5.82 Å². The molecule has 0 amide bonds. The Bertz CT molecular complexity index is 492. The zero-order valence-electron chi connectivity index (χ0n) is 13.6. The van der Waals surface area contributed by atoms with E-state index in [1.807, 2.05) is 0 Å². The highest BCUT2D eigenvalue weighted by molar-refractivity contribution is 6.30. The second-order valence-electron chi connectivity index (χ2n) is 6.44. The largest absolute Gasteiger partial charge is 0.389 e. The van der Waals surface area contributed by atoms with Crippen LogP contribution in [-0.4, -0.2) is 35.2 Å². The topological polar surface area (TPSA) is 23.5 Å². The smallest absolute Gasteiger partial charge is 0.126 e. The van der Waals surface area contributed by atoms with E-state index in [0.717, 1.165) is 45.3 Å². The van der Waals surface area contributed by atoms with Gasteiger partial charge in [0.2, 0.25) is 0 Å². The summed E-state index contributed by atoms with van der Waals surface area (Å²) in [5.74, 6) is -0.0791. The molecule has 1 aromatic rings. The van der Waals surface area contributed by atoms with Gasteiger partial charge < -0.3 is 10.0 Å². The minimum absolute atomic E-state index is 0.194. The first-order valence-electron chi connectivity index (χ1n) is 8.37. The molecule has 1 aromatic carbocycles. The number of benzene rings is 1. The summed E-state index contributed by atoms with van der Waals surface area (Å²) in [7, 11) is 0. The van der Waals surface area contributed by atoms with Crippen molar-refractivity contribution in [2.75, 3.05) is 19.6 Å². The molecule has 22 heavy (non-hydrogen) atoms. The van der Waals surface area contributed by atoms with E-state index in [2.05, 4.69) is 18.7 Å². The highest BCUT2D eigenvalue weighted by Crippen LogP contribution is 2.37. The molecule has 4 heteroatoms. The lowest BCUT2D eigenvalue weighted by atomic mass is 9.72. The van der Waals surface area contributed by atoms with Gasteiger partial charge in [-0.1, -0.05) is 38.3 Å². The normalized spacial score (nSPS) is 25.6. The third-order valence-electron chi connectivity index (χ3n) is 5.05. The number of hydrogen-bond donors (Lipinski definition) is 1. The third-order valence-corrected chi connectivity index (χ3v) is 5.28. The maximum Gasteiger partial charge on any atom is 0.126 e. The van der Waals surface area contributed by atoms with Gasteiger partial charge in [0.05, 0.1) is 5.60 Å². The maximum atomic E-state index is 14.0. The lowest BCUT2D eigenvalue weighted by Crippen LogP contribution is -2.48. The summed E-state index contributed by atoms with van der Waals surface area (Å²) in [5, 5.41) is 11.7. The summed E-state index contributed by atoms with van der Waals surface area (Å²) in [5.41, 5.74) is -0.298.